The Morgan fingerprint density at radius 3 is 2.15 bits per heavy atom. The van der Waals surface area contributed by atoms with E-state index in [1.54, 1.807) is 0 Å². The van der Waals surface area contributed by atoms with Gasteiger partial charge in [-0.1, -0.05) is 84.5 Å². The standard InChI is InChI=1S/C19H38O/c1-3-5-6-7-8-9-10-11-15-19(20)16-12-13-18(4-2)14-17-19/h18,20H,3-17H2,1-2H3. The van der Waals surface area contributed by atoms with Crippen LogP contribution in [0.5, 0.6) is 0 Å². The molecule has 0 aromatic carbocycles. The molecule has 0 amide bonds. The molecular weight excluding hydrogens is 244 g/mol. The highest BCUT2D eigenvalue weighted by molar-refractivity contribution is 4.83. The maximum atomic E-state index is 10.7. The minimum absolute atomic E-state index is 0.313. The first-order valence-corrected chi connectivity index (χ1v) is 9.42. The highest BCUT2D eigenvalue weighted by Gasteiger charge is 2.29. The number of hydrogen-bond donors (Lipinski definition) is 1. The van der Waals surface area contributed by atoms with Crippen molar-refractivity contribution in [3.63, 3.8) is 0 Å². The molecule has 0 aliphatic heterocycles. The largest absolute Gasteiger partial charge is 0.390 e. The lowest BCUT2D eigenvalue weighted by atomic mass is 9.87. The van der Waals surface area contributed by atoms with Gasteiger partial charge in [0.15, 0.2) is 0 Å². The van der Waals surface area contributed by atoms with Crippen LogP contribution in [0, 0.1) is 5.92 Å². The number of hydrogen-bond acceptors (Lipinski definition) is 1. The lowest BCUT2D eigenvalue weighted by molar-refractivity contribution is 0.0130. The smallest absolute Gasteiger partial charge is 0.0648 e. The van der Waals surface area contributed by atoms with Gasteiger partial charge in [0.05, 0.1) is 5.60 Å². The van der Waals surface area contributed by atoms with Crippen LogP contribution in [0.2, 0.25) is 0 Å². The van der Waals surface area contributed by atoms with Crippen LogP contribution in [0.25, 0.3) is 0 Å². The molecular formula is C19H38O. The van der Waals surface area contributed by atoms with E-state index in [0.717, 1.165) is 25.2 Å². The van der Waals surface area contributed by atoms with Crippen molar-refractivity contribution >= 4 is 0 Å². The molecule has 120 valence electrons. The zero-order chi connectivity index (χ0) is 14.7. The van der Waals surface area contributed by atoms with Gasteiger partial charge in [0, 0.05) is 0 Å². The normalized spacial score (nSPS) is 27.4. The number of aliphatic hydroxyl groups is 1. The van der Waals surface area contributed by atoms with E-state index in [2.05, 4.69) is 13.8 Å². The first-order chi connectivity index (χ1) is 9.70. The molecule has 1 N–H and O–H groups in total. The molecule has 1 rings (SSSR count). The van der Waals surface area contributed by atoms with Gasteiger partial charge in [0.1, 0.15) is 0 Å². The summed E-state index contributed by atoms with van der Waals surface area (Å²) < 4.78 is 0. The van der Waals surface area contributed by atoms with Gasteiger partial charge in [0.25, 0.3) is 0 Å². The van der Waals surface area contributed by atoms with Crippen molar-refractivity contribution in [1.29, 1.82) is 0 Å². The predicted molar refractivity (Wildman–Crippen MR) is 89.0 cm³/mol. The molecule has 1 heteroatoms. The van der Waals surface area contributed by atoms with E-state index in [4.69, 9.17) is 0 Å². The molecule has 0 heterocycles. The Morgan fingerprint density at radius 2 is 1.50 bits per heavy atom. The van der Waals surface area contributed by atoms with Crippen LogP contribution in [-0.4, -0.2) is 10.7 Å². The number of rotatable bonds is 10. The van der Waals surface area contributed by atoms with E-state index in [1.807, 2.05) is 0 Å². The Bertz CT molecular complexity index is 226. The second kappa shape index (κ2) is 10.7. The van der Waals surface area contributed by atoms with E-state index in [-0.39, 0.29) is 5.60 Å². The van der Waals surface area contributed by atoms with Crippen LogP contribution in [0.15, 0.2) is 0 Å². The van der Waals surface area contributed by atoms with Crippen LogP contribution in [0.3, 0.4) is 0 Å². The molecule has 0 radical (unpaired) electrons. The Kier molecular flexibility index (Phi) is 9.59. The summed E-state index contributed by atoms with van der Waals surface area (Å²) in [7, 11) is 0. The van der Waals surface area contributed by atoms with Gasteiger partial charge in [-0.15, -0.1) is 0 Å². The van der Waals surface area contributed by atoms with Crippen molar-refractivity contribution in [2.45, 2.75) is 116 Å². The molecule has 2 unspecified atom stereocenters. The predicted octanol–water partition coefficient (Wildman–Crippen LogP) is 6.24. The summed E-state index contributed by atoms with van der Waals surface area (Å²) in [6.45, 7) is 4.57. The van der Waals surface area contributed by atoms with E-state index in [0.29, 0.717) is 0 Å². The van der Waals surface area contributed by atoms with E-state index in [1.165, 1.54) is 77.0 Å². The lowest BCUT2D eigenvalue weighted by Gasteiger charge is -2.26. The van der Waals surface area contributed by atoms with Crippen molar-refractivity contribution in [3.8, 4) is 0 Å². The van der Waals surface area contributed by atoms with Gasteiger partial charge in [-0.05, 0) is 31.6 Å². The van der Waals surface area contributed by atoms with Gasteiger partial charge in [-0.3, -0.25) is 0 Å². The highest BCUT2D eigenvalue weighted by Crippen LogP contribution is 2.35. The molecule has 0 aromatic rings. The summed E-state index contributed by atoms with van der Waals surface area (Å²) in [4.78, 5) is 0. The maximum absolute atomic E-state index is 10.7. The monoisotopic (exact) mass is 282 g/mol. The summed E-state index contributed by atoms with van der Waals surface area (Å²) in [5.41, 5.74) is -0.313. The summed E-state index contributed by atoms with van der Waals surface area (Å²) >= 11 is 0. The van der Waals surface area contributed by atoms with Gasteiger partial charge in [-0.2, -0.15) is 0 Å². The third-order valence-electron chi connectivity index (χ3n) is 5.35. The molecule has 0 aromatic heterocycles. The molecule has 0 saturated heterocycles. The topological polar surface area (TPSA) is 20.2 Å². The fourth-order valence-electron chi connectivity index (χ4n) is 3.71. The molecule has 2 atom stereocenters. The van der Waals surface area contributed by atoms with Crippen molar-refractivity contribution in [1.82, 2.24) is 0 Å². The Labute approximate surface area is 127 Å². The molecule has 1 aliphatic rings. The third kappa shape index (κ3) is 7.67. The van der Waals surface area contributed by atoms with Gasteiger partial charge in [-0.25, -0.2) is 0 Å². The van der Waals surface area contributed by atoms with Crippen LogP contribution < -0.4 is 0 Å². The Morgan fingerprint density at radius 1 is 0.850 bits per heavy atom. The average molecular weight is 283 g/mol. The molecule has 1 fully saturated rings. The zero-order valence-electron chi connectivity index (χ0n) is 14.1. The summed E-state index contributed by atoms with van der Waals surface area (Å²) in [6, 6.07) is 0. The Balaban J connectivity index is 2.05. The third-order valence-corrected chi connectivity index (χ3v) is 5.35. The van der Waals surface area contributed by atoms with Crippen molar-refractivity contribution in [3.05, 3.63) is 0 Å². The van der Waals surface area contributed by atoms with Crippen LogP contribution >= 0.6 is 0 Å². The maximum Gasteiger partial charge on any atom is 0.0648 e. The molecule has 0 spiro atoms. The second-order valence-corrected chi connectivity index (χ2v) is 7.15. The minimum Gasteiger partial charge on any atom is -0.390 e. The van der Waals surface area contributed by atoms with Crippen LogP contribution in [-0.2, 0) is 0 Å². The van der Waals surface area contributed by atoms with Crippen LogP contribution in [0.4, 0.5) is 0 Å². The minimum atomic E-state index is -0.313. The van der Waals surface area contributed by atoms with Crippen molar-refractivity contribution in [2.24, 2.45) is 5.92 Å². The van der Waals surface area contributed by atoms with Crippen molar-refractivity contribution < 1.29 is 5.11 Å². The van der Waals surface area contributed by atoms with Crippen LogP contribution in [0.1, 0.15) is 110 Å². The first kappa shape index (κ1) is 18.0. The highest BCUT2D eigenvalue weighted by atomic mass is 16.3. The molecule has 0 bridgehead atoms. The summed E-state index contributed by atoms with van der Waals surface area (Å²) in [5.74, 6) is 0.877. The van der Waals surface area contributed by atoms with E-state index < -0.39 is 0 Å². The first-order valence-electron chi connectivity index (χ1n) is 9.42. The molecule has 1 nitrogen and oxygen atoms in total. The molecule has 20 heavy (non-hydrogen) atoms. The lowest BCUT2D eigenvalue weighted by Crippen LogP contribution is -2.27. The number of unbranched alkanes of at least 4 members (excludes halogenated alkanes) is 7. The van der Waals surface area contributed by atoms with E-state index in [9.17, 15) is 5.11 Å². The fourth-order valence-corrected chi connectivity index (χ4v) is 3.71. The van der Waals surface area contributed by atoms with Crippen molar-refractivity contribution in [2.75, 3.05) is 0 Å². The average Bonchev–Trinajstić information content (AvgIpc) is 2.64. The fraction of sp³-hybridized carbons (Fsp3) is 1.00. The summed E-state index contributed by atoms with van der Waals surface area (Å²) in [6.07, 6.45) is 19.2. The molecule has 1 aliphatic carbocycles. The SMILES string of the molecule is CCCCCCCCCCC1(O)CCCC(CC)CC1. The second-order valence-electron chi connectivity index (χ2n) is 7.15. The van der Waals surface area contributed by atoms with Gasteiger partial charge < -0.3 is 5.11 Å². The molecule has 1 saturated carbocycles. The summed E-state index contributed by atoms with van der Waals surface area (Å²) in [5, 5.41) is 10.7. The Hall–Kier alpha value is -0.0400. The quantitative estimate of drug-likeness (QED) is 0.371. The van der Waals surface area contributed by atoms with Gasteiger partial charge in [0.2, 0.25) is 0 Å². The zero-order valence-corrected chi connectivity index (χ0v) is 14.1. The van der Waals surface area contributed by atoms with Gasteiger partial charge >= 0.3 is 0 Å². The van der Waals surface area contributed by atoms with E-state index >= 15 is 0 Å².